The molecule has 6 heteroatoms. The van der Waals surface area contributed by atoms with Gasteiger partial charge in [-0.2, -0.15) is 0 Å². The van der Waals surface area contributed by atoms with E-state index in [1.54, 1.807) is 12.1 Å². The first-order valence-electron chi connectivity index (χ1n) is 10.3. The monoisotopic (exact) mass is 401 g/mol. The molecule has 29 heavy (non-hydrogen) atoms. The minimum absolute atomic E-state index is 0.00995. The number of aliphatic hydroxyl groups is 2. The van der Waals surface area contributed by atoms with Crippen LogP contribution in [-0.2, 0) is 6.54 Å². The van der Waals surface area contributed by atoms with Crippen molar-refractivity contribution in [3.63, 3.8) is 0 Å². The maximum Gasteiger partial charge on any atom is 0.125 e. The molecule has 1 saturated carbocycles. The SMILES string of the molecule is OCCOc1ccc(CN2C[C@H]3C[C@@H](Oc4ccc(F)cc4)[C@H](O)C[C@H]3C2)cc1. The van der Waals surface area contributed by atoms with E-state index in [-0.39, 0.29) is 18.5 Å². The van der Waals surface area contributed by atoms with E-state index in [0.717, 1.165) is 38.2 Å². The van der Waals surface area contributed by atoms with E-state index >= 15 is 0 Å². The smallest absolute Gasteiger partial charge is 0.125 e. The quantitative estimate of drug-likeness (QED) is 0.747. The molecule has 2 aromatic carbocycles. The minimum Gasteiger partial charge on any atom is -0.491 e. The van der Waals surface area contributed by atoms with Gasteiger partial charge in [-0.05, 0) is 66.6 Å². The Kier molecular flexibility index (Phi) is 6.33. The second-order valence-electron chi connectivity index (χ2n) is 8.08. The van der Waals surface area contributed by atoms with Crippen molar-refractivity contribution in [3.8, 4) is 11.5 Å². The lowest BCUT2D eigenvalue weighted by Crippen LogP contribution is -2.42. The number of hydrogen-bond acceptors (Lipinski definition) is 5. The zero-order valence-electron chi connectivity index (χ0n) is 16.4. The van der Waals surface area contributed by atoms with Gasteiger partial charge in [-0.3, -0.25) is 4.90 Å². The van der Waals surface area contributed by atoms with E-state index in [1.807, 2.05) is 12.1 Å². The van der Waals surface area contributed by atoms with Crippen LogP contribution in [0.1, 0.15) is 18.4 Å². The normalized spacial score (nSPS) is 26.9. The van der Waals surface area contributed by atoms with Crippen molar-refractivity contribution < 1.29 is 24.1 Å². The molecule has 1 saturated heterocycles. The number of benzene rings is 2. The summed E-state index contributed by atoms with van der Waals surface area (Å²) in [7, 11) is 0. The van der Waals surface area contributed by atoms with Gasteiger partial charge in [-0.25, -0.2) is 4.39 Å². The molecular weight excluding hydrogens is 373 g/mol. The molecule has 2 aliphatic rings. The number of hydrogen-bond donors (Lipinski definition) is 2. The Hall–Kier alpha value is -2.15. The predicted molar refractivity (Wildman–Crippen MR) is 107 cm³/mol. The van der Waals surface area contributed by atoms with Crippen LogP contribution in [0.15, 0.2) is 48.5 Å². The molecule has 0 radical (unpaired) electrons. The van der Waals surface area contributed by atoms with Gasteiger partial charge in [0.25, 0.3) is 0 Å². The van der Waals surface area contributed by atoms with Crippen LogP contribution in [0.5, 0.6) is 11.5 Å². The van der Waals surface area contributed by atoms with Crippen molar-refractivity contribution in [2.75, 3.05) is 26.3 Å². The zero-order chi connectivity index (χ0) is 20.2. The van der Waals surface area contributed by atoms with E-state index < -0.39 is 6.10 Å². The van der Waals surface area contributed by atoms with Gasteiger partial charge >= 0.3 is 0 Å². The summed E-state index contributed by atoms with van der Waals surface area (Å²) in [5.74, 6) is 2.05. The Morgan fingerprint density at radius 1 is 0.931 bits per heavy atom. The van der Waals surface area contributed by atoms with Crippen molar-refractivity contribution in [1.82, 2.24) is 4.90 Å². The highest BCUT2D eigenvalue weighted by Crippen LogP contribution is 2.38. The third-order valence-electron chi connectivity index (χ3n) is 5.95. The molecule has 0 bridgehead atoms. The van der Waals surface area contributed by atoms with Gasteiger partial charge in [-0.15, -0.1) is 0 Å². The number of fused-ring (bicyclic) bond motifs is 1. The van der Waals surface area contributed by atoms with E-state index in [9.17, 15) is 9.50 Å². The summed E-state index contributed by atoms with van der Waals surface area (Å²) in [6.45, 7) is 3.15. The lowest BCUT2D eigenvalue weighted by atomic mass is 9.78. The highest BCUT2D eigenvalue weighted by Gasteiger charge is 2.42. The van der Waals surface area contributed by atoms with Gasteiger partial charge in [0.05, 0.1) is 12.7 Å². The molecule has 0 amide bonds. The lowest BCUT2D eigenvalue weighted by Gasteiger charge is -2.35. The van der Waals surface area contributed by atoms with E-state index in [2.05, 4.69) is 17.0 Å². The average molecular weight is 401 g/mol. The van der Waals surface area contributed by atoms with Gasteiger partial charge in [0.1, 0.15) is 30.0 Å². The molecule has 5 nitrogen and oxygen atoms in total. The lowest BCUT2D eigenvalue weighted by molar-refractivity contribution is -0.0231. The number of aliphatic hydroxyl groups excluding tert-OH is 2. The molecule has 156 valence electrons. The topological polar surface area (TPSA) is 62.2 Å². The van der Waals surface area contributed by atoms with Crippen LogP contribution in [0.3, 0.4) is 0 Å². The van der Waals surface area contributed by atoms with Crippen LogP contribution < -0.4 is 9.47 Å². The fourth-order valence-electron chi connectivity index (χ4n) is 4.54. The third kappa shape index (κ3) is 5.07. The molecule has 2 aromatic rings. The van der Waals surface area contributed by atoms with Gasteiger partial charge in [0.2, 0.25) is 0 Å². The molecule has 0 spiro atoms. The Morgan fingerprint density at radius 3 is 2.28 bits per heavy atom. The zero-order valence-corrected chi connectivity index (χ0v) is 16.4. The maximum atomic E-state index is 13.1. The number of nitrogens with zero attached hydrogens (tertiary/aromatic N) is 1. The van der Waals surface area contributed by atoms with Crippen LogP contribution in [-0.4, -0.2) is 53.6 Å². The highest BCUT2D eigenvalue weighted by molar-refractivity contribution is 5.27. The number of rotatable bonds is 7. The van der Waals surface area contributed by atoms with Crippen molar-refractivity contribution in [2.24, 2.45) is 11.8 Å². The second-order valence-corrected chi connectivity index (χ2v) is 8.08. The Balaban J connectivity index is 1.31. The van der Waals surface area contributed by atoms with Crippen LogP contribution in [0.2, 0.25) is 0 Å². The summed E-state index contributed by atoms with van der Waals surface area (Å²) in [5.41, 5.74) is 1.22. The van der Waals surface area contributed by atoms with Crippen LogP contribution in [0.4, 0.5) is 4.39 Å². The van der Waals surface area contributed by atoms with Crippen molar-refractivity contribution in [2.45, 2.75) is 31.6 Å². The summed E-state index contributed by atoms with van der Waals surface area (Å²) in [6.07, 6.45) is 0.808. The molecule has 0 unspecified atom stereocenters. The van der Waals surface area contributed by atoms with Crippen molar-refractivity contribution >= 4 is 0 Å². The third-order valence-corrected chi connectivity index (χ3v) is 5.95. The molecule has 4 rings (SSSR count). The number of halogens is 1. The summed E-state index contributed by atoms with van der Waals surface area (Å²) in [4.78, 5) is 2.44. The molecule has 2 fully saturated rings. The van der Waals surface area contributed by atoms with Gasteiger partial charge in [-0.1, -0.05) is 12.1 Å². The molecule has 1 aliphatic carbocycles. The predicted octanol–water partition coefficient (Wildman–Crippen LogP) is 2.85. The second kappa shape index (κ2) is 9.11. The molecule has 1 aliphatic heterocycles. The van der Waals surface area contributed by atoms with Crippen LogP contribution in [0.25, 0.3) is 0 Å². The van der Waals surface area contributed by atoms with Crippen LogP contribution >= 0.6 is 0 Å². The fourth-order valence-corrected chi connectivity index (χ4v) is 4.54. The summed E-state index contributed by atoms with van der Waals surface area (Å²) >= 11 is 0. The number of likely N-dealkylation sites (tertiary alicyclic amines) is 1. The van der Waals surface area contributed by atoms with Crippen molar-refractivity contribution in [1.29, 1.82) is 0 Å². The van der Waals surface area contributed by atoms with E-state index in [0.29, 0.717) is 24.2 Å². The minimum atomic E-state index is -0.496. The maximum absolute atomic E-state index is 13.1. The molecule has 0 aromatic heterocycles. The Bertz CT molecular complexity index is 782. The largest absolute Gasteiger partial charge is 0.491 e. The highest BCUT2D eigenvalue weighted by atomic mass is 19.1. The molecule has 1 heterocycles. The first-order valence-corrected chi connectivity index (χ1v) is 10.3. The molecule has 4 atom stereocenters. The van der Waals surface area contributed by atoms with Gasteiger partial charge < -0.3 is 19.7 Å². The van der Waals surface area contributed by atoms with Gasteiger partial charge in [0.15, 0.2) is 0 Å². The molecule has 2 N–H and O–H groups in total. The average Bonchev–Trinajstić information content (AvgIpc) is 3.10. The van der Waals surface area contributed by atoms with E-state index in [4.69, 9.17) is 14.6 Å². The Labute approximate surface area is 170 Å². The van der Waals surface area contributed by atoms with Crippen LogP contribution in [0, 0.1) is 17.7 Å². The molecular formula is C23H28FNO4. The summed E-state index contributed by atoms with van der Waals surface area (Å²) in [6, 6.07) is 14.0. The van der Waals surface area contributed by atoms with Crippen molar-refractivity contribution in [3.05, 3.63) is 59.9 Å². The van der Waals surface area contributed by atoms with E-state index in [1.165, 1.54) is 17.7 Å². The summed E-state index contributed by atoms with van der Waals surface area (Å²) < 4.78 is 24.5. The fraction of sp³-hybridized carbons (Fsp3) is 0.478. The standard InChI is InChI=1S/C23H28FNO4/c24-19-3-7-21(8-4-19)29-23-12-18-15-25(14-17(18)11-22(23)27)13-16-1-5-20(6-2-16)28-10-9-26/h1-8,17-18,22-23,26-27H,9-15H2/t17-,18+,22+,23+/m0/s1. The first kappa shape index (κ1) is 20.1. The first-order chi connectivity index (χ1) is 14.1. The van der Waals surface area contributed by atoms with Gasteiger partial charge in [0, 0.05) is 19.6 Å². The Morgan fingerprint density at radius 2 is 1.59 bits per heavy atom. The number of ether oxygens (including phenoxy) is 2. The summed E-state index contributed by atoms with van der Waals surface area (Å²) in [5, 5.41) is 19.4.